The molecule has 2 rings (SSSR count). The molecule has 0 bridgehead atoms. The number of hydrogen-bond acceptors (Lipinski definition) is 3. The van der Waals surface area contributed by atoms with Gasteiger partial charge in [0.05, 0.1) is 16.7 Å². The molecule has 1 aliphatic rings. The molecule has 0 amide bonds. The van der Waals surface area contributed by atoms with Crippen LogP contribution in [0.4, 0.5) is 0 Å². The monoisotopic (exact) mass is 298 g/mol. The standard InChI is InChI=1S/C13H15ClN2O2S/c14-12-8-11(9-15)5-6-13(12)19(17,18)16-7-1-2-10-3-4-10/h5-6,8,10,16H,1-4,7H2. The predicted molar refractivity (Wildman–Crippen MR) is 73.3 cm³/mol. The largest absolute Gasteiger partial charge is 0.242 e. The maximum Gasteiger partial charge on any atom is 0.242 e. The SMILES string of the molecule is N#Cc1ccc(S(=O)(=O)NCCCC2CC2)c(Cl)c1. The van der Waals surface area contributed by atoms with Gasteiger partial charge in [0.15, 0.2) is 0 Å². The lowest BCUT2D eigenvalue weighted by Crippen LogP contribution is -2.25. The summed E-state index contributed by atoms with van der Waals surface area (Å²) in [5, 5.41) is 8.79. The molecule has 19 heavy (non-hydrogen) atoms. The molecule has 0 heterocycles. The summed E-state index contributed by atoms with van der Waals surface area (Å²) in [6.07, 6.45) is 4.46. The summed E-state index contributed by atoms with van der Waals surface area (Å²) in [6.45, 7) is 0.426. The molecule has 0 atom stereocenters. The molecule has 0 spiro atoms. The summed E-state index contributed by atoms with van der Waals surface area (Å²) in [5.41, 5.74) is 0.345. The van der Waals surface area contributed by atoms with Crippen LogP contribution in [0.15, 0.2) is 23.1 Å². The zero-order valence-electron chi connectivity index (χ0n) is 10.4. The molecule has 1 saturated carbocycles. The van der Waals surface area contributed by atoms with Crippen molar-refractivity contribution in [1.29, 1.82) is 5.26 Å². The van der Waals surface area contributed by atoms with Crippen molar-refractivity contribution in [3.63, 3.8) is 0 Å². The van der Waals surface area contributed by atoms with Crippen molar-refractivity contribution in [1.82, 2.24) is 4.72 Å². The van der Waals surface area contributed by atoms with E-state index >= 15 is 0 Å². The van der Waals surface area contributed by atoms with E-state index in [-0.39, 0.29) is 9.92 Å². The highest BCUT2D eigenvalue weighted by Gasteiger charge is 2.21. The van der Waals surface area contributed by atoms with Gasteiger partial charge in [-0.15, -0.1) is 0 Å². The summed E-state index contributed by atoms with van der Waals surface area (Å²) in [7, 11) is -3.58. The molecule has 0 saturated heterocycles. The molecular formula is C13H15ClN2O2S. The van der Waals surface area contributed by atoms with E-state index in [0.717, 1.165) is 18.8 Å². The average Bonchev–Trinajstić information content (AvgIpc) is 3.18. The minimum Gasteiger partial charge on any atom is -0.211 e. The Balaban J connectivity index is 1.99. The third kappa shape index (κ3) is 3.93. The van der Waals surface area contributed by atoms with E-state index < -0.39 is 10.0 Å². The Bertz CT molecular complexity index is 604. The van der Waals surface area contributed by atoms with Gasteiger partial charge >= 0.3 is 0 Å². The van der Waals surface area contributed by atoms with Crippen molar-refractivity contribution >= 4 is 21.6 Å². The van der Waals surface area contributed by atoms with Crippen LogP contribution >= 0.6 is 11.6 Å². The first-order chi connectivity index (χ1) is 9.03. The lowest BCUT2D eigenvalue weighted by molar-refractivity contribution is 0.572. The molecule has 6 heteroatoms. The zero-order valence-corrected chi connectivity index (χ0v) is 12.0. The average molecular weight is 299 g/mol. The third-order valence-corrected chi connectivity index (χ3v) is 5.07. The van der Waals surface area contributed by atoms with Crippen LogP contribution in [0.1, 0.15) is 31.2 Å². The number of halogens is 1. The van der Waals surface area contributed by atoms with Crippen LogP contribution in [-0.2, 0) is 10.0 Å². The first-order valence-electron chi connectivity index (χ1n) is 6.22. The van der Waals surface area contributed by atoms with E-state index in [1.807, 2.05) is 6.07 Å². The highest BCUT2D eigenvalue weighted by molar-refractivity contribution is 7.89. The van der Waals surface area contributed by atoms with Crippen LogP contribution in [0, 0.1) is 17.2 Å². The van der Waals surface area contributed by atoms with Gasteiger partial charge in [-0.25, -0.2) is 13.1 Å². The van der Waals surface area contributed by atoms with Crippen LogP contribution in [0.3, 0.4) is 0 Å². The quantitative estimate of drug-likeness (QED) is 0.821. The number of sulfonamides is 1. The van der Waals surface area contributed by atoms with Crippen molar-refractivity contribution in [2.45, 2.75) is 30.6 Å². The van der Waals surface area contributed by atoms with Crippen LogP contribution in [0.5, 0.6) is 0 Å². The first kappa shape index (κ1) is 14.3. The third-order valence-electron chi connectivity index (χ3n) is 3.13. The van der Waals surface area contributed by atoms with Crippen LogP contribution in [0.25, 0.3) is 0 Å². The van der Waals surface area contributed by atoms with Gasteiger partial charge in [-0.2, -0.15) is 5.26 Å². The van der Waals surface area contributed by atoms with Gasteiger partial charge in [0.2, 0.25) is 10.0 Å². The number of benzene rings is 1. The minimum absolute atomic E-state index is 0.0274. The maximum atomic E-state index is 12.0. The summed E-state index contributed by atoms with van der Waals surface area (Å²) in [5.74, 6) is 0.794. The number of nitrogens with zero attached hydrogens (tertiary/aromatic N) is 1. The highest BCUT2D eigenvalue weighted by atomic mass is 35.5. The topological polar surface area (TPSA) is 70.0 Å². The van der Waals surface area contributed by atoms with Gasteiger partial charge in [0.25, 0.3) is 0 Å². The molecule has 1 N–H and O–H groups in total. The molecule has 1 aliphatic carbocycles. The Morgan fingerprint density at radius 1 is 1.42 bits per heavy atom. The second-order valence-electron chi connectivity index (χ2n) is 4.74. The van der Waals surface area contributed by atoms with E-state index in [9.17, 15) is 8.42 Å². The zero-order chi connectivity index (χ0) is 13.9. The highest BCUT2D eigenvalue weighted by Crippen LogP contribution is 2.33. The predicted octanol–water partition coefficient (Wildman–Crippen LogP) is 2.68. The number of nitrogens with one attached hydrogen (secondary N) is 1. The summed E-state index contributed by atoms with van der Waals surface area (Å²) in [4.78, 5) is 0.0274. The summed E-state index contributed by atoms with van der Waals surface area (Å²) < 4.78 is 26.6. The van der Waals surface area contributed by atoms with Crippen molar-refractivity contribution < 1.29 is 8.42 Å². The van der Waals surface area contributed by atoms with Gasteiger partial charge in [0.1, 0.15) is 4.90 Å². The Hall–Kier alpha value is -1.09. The van der Waals surface area contributed by atoms with Gasteiger partial charge < -0.3 is 0 Å². The van der Waals surface area contributed by atoms with Gasteiger partial charge in [-0.3, -0.25) is 0 Å². The Morgan fingerprint density at radius 2 is 2.16 bits per heavy atom. The van der Waals surface area contributed by atoms with E-state index in [1.165, 1.54) is 31.0 Å². The number of rotatable bonds is 6. The van der Waals surface area contributed by atoms with Crippen molar-refractivity contribution in [2.75, 3.05) is 6.54 Å². The fourth-order valence-corrected chi connectivity index (χ4v) is 3.49. The Kier molecular flexibility index (Phi) is 4.46. The Morgan fingerprint density at radius 3 is 2.74 bits per heavy atom. The summed E-state index contributed by atoms with van der Waals surface area (Å²) in [6, 6.07) is 6.09. The van der Waals surface area contributed by atoms with Crippen LogP contribution in [0.2, 0.25) is 5.02 Å². The van der Waals surface area contributed by atoms with Crippen LogP contribution < -0.4 is 4.72 Å². The van der Waals surface area contributed by atoms with E-state index in [0.29, 0.717) is 12.1 Å². The fourth-order valence-electron chi connectivity index (χ4n) is 1.87. The second kappa shape index (κ2) is 5.91. The number of hydrogen-bond donors (Lipinski definition) is 1. The molecule has 0 unspecified atom stereocenters. The normalized spacial score (nSPS) is 15.2. The second-order valence-corrected chi connectivity index (χ2v) is 6.88. The summed E-state index contributed by atoms with van der Waals surface area (Å²) >= 11 is 5.90. The van der Waals surface area contributed by atoms with E-state index in [1.54, 1.807) is 0 Å². The number of nitriles is 1. The Labute approximate surface area is 118 Å². The molecule has 1 aromatic carbocycles. The molecule has 0 radical (unpaired) electrons. The van der Waals surface area contributed by atoms with Crippen LogP contribution in [-0.4, -0.2) is 15.0 Å². The van der Waals surface area contributed by atoms with E-state index in [2.05, 4.69) is 4.72 Å². The lowest BCUT2D eigenvalue weighted by atomic mass is 10.2. The minimum atomic E-state index is -3.58. The van der Waals surface area contributed by atoms with Gasteiger partial charge in [-0.05, 0) is 37.0 Å². The molecule has 0 aromatic heterocycles. The van der Waals surface area contributed by atoms with Crippen molar-refractivity contribution in [2.24, 2.45) is 5.92 Å². The smallest absolute Gasteiger partial charge is 0.211 e. The molecule has 0 aliphatic heterocycles. The molecule has 4 nitrogen and oxygen atoms in total. The maximum absolute atomic E-state index is 12.0. The molecule has 102 valence electrons. The fraction of sp³-hybridized carbons (Fsp3) is 0.462. The van der Waals surface area contributed by atoms with Crippen molar-refractivity contribution in [3.05, 3.63) is 28.8 Å². The lowest BCUT2D eigenvalue weighted by Gasteiger charge is -2.08. The molecule has 1 aromatic rings. The van der Waals surface area contributed by atoms with Gasteiger partial charge in [-0.1, -0.05) is 24.4 Å². The molecular weight excluding hydrogens is 284 g/mol. The van der Waals surface area contributed by atoms with E-state index in [4.69, 9.17) is 16.9 Å². The first-order valence-corrected chi connectivity index (χ1v) is 8.08. The van der Waals surface area contributed by atoms with Crippen molar-refractivity contribution in [3.8, 4) is 6.07 Å². The van der Waals surface area contributed by atoms with Gasteiger partial charge in [0, 0.05) is 6.54 Å². The molecule has 1 fully saturated rings.